The summed E-state index contributed by atoms with van der Waals surface area (Å²) in [6, 6.07) is 0. The first kappa shape index (κ1) is 18.1. The number of hydrogen-bond acceptors (Lipinski definition) is 4. The van der Waals surface area contributed by atoms with Gasteiger partial charge in [-0.15, -0.1) is 11.8 Å². The predicted octanol–water partition coefficient (Wildman–Crippen LogP) is 2.71. The summed E-state index contributed by atoms with van der Waals surface area (Å²) in [6.45, 7) is 7.55. The molecule has 0 radical (unpaired) electrons. The van der Waals surface area contributed by atoms with Gasteiger partial charge in [0.1, 0.15) is 10.8 Å². The lowest BCUT2D eigenvalue weighted by molar-refractivity contribution is -0.118. The second-order valence-corrected chi connectivity index (χ2v) is 5.43. The first-order valence-corrected chi connectivity index (χ1v) is 7.83. The van der Waals surface area contributed by atoms with Crippen molar-refractivity contribution in [2.45, 2.75) is 34.1 Å². The maximum absolute atomic E-state index is 11.3. The van der Waals surface area contributed by atoms with Gasteiger partial charge in [-0.3, -0.25) is 4.79 Å². The lowest BCUT2D eigenvalue weighted by Gasteiger charge is -2.14. The average Bonchev–Trinajstić information content (AvgIpc) is 2.40. The molecule has 2 N–H and O–H groups in total. The van der Waals surface area contributed by atoms with Crippen LogP contribution in [-0.4, -0.2) is 29.2 Å². The summed E-state index contributed by atoms with van der Waals surface area (Å²) in [6.07, 6.45) is 2.99. The Kier molecular flexibility index (Phi) is 8.67. The van der Waals surface area contributed by atoms with Crippen molar-refractivity contribution in [3.63, 3.8) is 0 Å². The summed E-state index contributed by atoms with van der Waals surface area (Å²) in [5, 5.41) is 6.64. The predicted molar refractivity (Wildman–Crippen MR) is 88.6 cm³/mol. The van der Waals surface area contributed by atoms with Crippen LogP contribution < -0.4 is 10.6 Å². The monoisotopic (exact) mass is 301 g/mol. The van der Waals surface area contributed by atoms with Crippen LogP contribution >= 0.6 is 24.0 Å². The molecule has 0 rings (SSSR count). The van der Waals surface area contributed by atoms with Crippen LogP contribution in [0.5, 0.6) is 0 Å². The zero-order valence-corrected chi connectivity index (χ0v) is 14.1. The fourth-order valence-corrected chi connectivity index (χ4v) is 2.16. The molecule has 0 heterocycles. The smallest absolute Gasteiger partial charge is 0.222 e. The fourth-order valence-electron chi connectivity index (χ4n) is 1.31. The summed E-state index contributed by atoms with van der Waals surface area (Å²) < 4.78 is 0. The van der Waals surface area contributed by atoms with Gasteiger partial charge in [-0.1, -0.05) is 26.1 Å². The van der Waals surface area contributed by atoms with Crippen LogP contribution in [0.25, 0.3) is 0 Å². The molecule has 0 aliphatic heterocycles. The molecule has 6 heteroatoms. The van der Waals surface area contributed by atoms with Crippen molar-refractivity contribution < 1.29 is 4.79 Å². The molecular weight excluding hydrogens is 278 g/mol. The zero-order chi connectivity index (χ0) is 15.0. The van der Waals surface area contributed by atoms with Crippen molar-refractivity contribution in [3.05, 3.63) is 11.4 Å². The van der Waals surface area contributed by atoms with Gasteiger partial charge in [0.25, 0.3) is 0 Å². The fraction of sp³-hybridized carbons (Fsp3) is 0.615. The molecule has 0 spiro atoms. The van der Waals surface area contributed by atoms with E-state index >= 15 is 0 Å². The molecule has 0 bridgehead atoms. The number of likely N-dealkylation sites (N-methyl/N-ethyl adjacent to an activating group) is 1. The number of hydrogen-bond donors (Lipinski definition) is 2. The van der Waals surface area contributed by atoms with E-state index in [1.54, 1.807) is 18.8 Å². The molecule has 0 saturated heterocycles. The van der Waals surface area contributed by atoms with E-state index in [-0.39, 0.29) is 5.91 Å². The van der Waals surface area contributed by atoms with Gasteiger partial charge >= 0.3 is 0 Å². The quantitative estimate of drug-likeness (QED) is 0.355. The lowest BCUT2D eigenvalue weighted by Crippen LogP contribution is -2.25. The van der Waals surface area contributed by atoms with Gasteiger partial charge in [0.05, 0.1) is 5.04 Å². The van der Waals surface area contributed by atoms with E-state index in [4.69, 9.17) is 12.2 Å². The molecule has 0 aliphatic rings. The van der Waals surface area contributed by atoms with E-state index in [0.717, 1.165) is 17.0 Å². The summed E-state index contributed by atoms with van der Waals surface area (Å²) in [5.41, 5.74) is 0.766. The van der Waals surface area contributed by atoms with Crippen LogP contribution in [0.1, 0.15) is 34.1 Å². The Hall–Kier alpha value is -0.880. The van der Waals surface area contributed by atoms with Crippen LogP contribution in [0.4, 0.5) is 0 Å². The molecule has 4 nitrogen and oxygen atoms in total. The van der Waals surface area contributed by atoms with Crippen LogP contribution in [0.2, 0.25) is 0 Å². The van der Waals surface area contributed by atoms with E-state index in [2.05, 4.69) is 29.5 Å². The van der Waals surface area contributed by atoms with Crippen molar-refractivity contribution >= 4 is 39.9 Å². The van der Waals surface area contributed by atoms with Gasteiger partial charge in [0.2, 0.25) is 5.91 Å². The highest BCUT2D eigenvalue weighted by Crippen LogP contribution is 2.16. The maximum atomic E-state index is 11.3. The van der Waals surface area contributed by atoms with Gasteiger partial charge in [-0.25, -0.2) is 4.99 Å². The number of nitrogens with zero attached hydrogens (tertiary/aromatic N) is 1. The third kappa shape index (κ3) is 6.20. The molecule has 0 fully saturated rings. The maximum Gasteiger partial charge on any atom is 0.222 e. The van der Waals surface area contributed by atoms with Gasteiger partial charge < -0.3 is 10.6 Å². The third-order valence-electron chi connectivity index (χ3n) is 2.68. The Morgan fingerprint density at radius 1 is 1.42 bits per heavy atom. The highest BCUT2D eigenvalue weighted by molar-refractivity contribution is 8.13. The molecule has 1 amide bonds. The summed E-state index contributed by atoms with van der Waals surface area (Å²) >= 11 is 6.79. The summed E-state index contributed by atoms with van der Waals surface area (Å²) in [4.78, 5) is 16.4. The number of amides is 1. The van der Waals surface area contributed by atoms with E-state index in [1.807, 2.05) is 13.2 Å². The molecule has 19 heavy (non-hydrogen) atoms. The van der Waals surface area contributed by atoms with E-state index in [0.29, 0.717) is 16.7 Å². The molecule has 0 saturated carbocycles. The highest BCUT2D eigenvalue weighted by Gasteiger charge is 2.12. The number of rotatable bonds is 5. The van der Waals surface area contributed by atoms with Crippen molar-refractivity contribution in [2.24, 2.45) is 10.9 Å². The minimum absolute atomic E-state index is 0.151. The summed E-state index contributed by atoms with van der Waals surface area (Å²) in [7, 11) is 1.76. The molecule has 1 unspecified atom stereocenters. The van der Waals surface area contributed by atoms with Gasteiger partial charge in [-0.05, 0) is 19.6 Å². The molecule has 0 aromatic carbocycles. The average molecular weight is 301 g/mol. The molecule has 0 aliphatic carbocycles. The van der Waals surface area contributed by atoms with Crippen LogP contribution in [-0.2, 0) is 4.79 Å². The largest absolute Gasteiger partial charge is 0.379 e. The van der Waals surface area contributed by atoms with Crippen LogP contribution in [0.15, 0.2) is 16.4 Å². The first-order chi connectivity index (χ1) is 8.87. The Balaban J connectivity index is 5.54. The van der Waals surface area contributed by atoms with Crippen molar-refractivity contribution in [1.29, 1.82) is 0 Å². The van der Waals surface area contributed by atoms with Crippen molar-refractivity contribution in [1.82, 2.24) is 10.6 Å². The van der Waals surface area contributed by atoms with E-state index in [9.17, 15) is 4.79 Å². The number of carbonyl (C=O) groups excluding carboxylic acids is 1. The molecule has 1 atom stereocenters. The standard InChI is InChI=1S/C13H23N3OS2/c1-7-8(2)13(19-6)16-11(15-10(4)17)9(3)12(18)14-5/h8H,7H2,1-6H3,(H,14,18)(H,15,17)/b11-9+,16-13+. The number of carbonyl (C=O) groups is 1. The lowest BCUT2D eigenvalue weighted by atomic mass is 10.1. The van der Waals surface area contributed by atoms with Gasteiger partial charge in [-0.2, -0.15) is 0 Å². The highest BCUT2D eigenvalue weighted by atomic mass is 32.2. The Bertz CT molecular complexity index is 403. The normalized spacial score (nSPS) is 14.5. The summed E-state index contributed by atoms with van der Waals surface area (Å²) in [5.74, 6) is 0.729. The number of thioether (sulfide) groups is 1. The van der Waals surface area contributed by atoms with Crippen LogP contribution in [0.3, 0.4) is 0 Å². The topological polar surface area (TPSA) is 53.5 Å². The minimum atomic E-state index is -0.151. The van der Waals surface area contributed by atoms with E-state index in [1.165, 1.54) is 6.92 Å². The molecule has 0 aromatic rings. The molecular formula is C13H23N3OS2. The Morgan fingerprint density at radius 3 is 2.37 bits per heavy atom. The van der Waals surface area contributed by atoms with Gasteiger partial charge in [0.15, 0.2) is 0 Å². The number of aliphatic imine (C=N–C) groups is 1. The zero-order valence-electron chi connectivity index (χ0n) is 12.5. The molecule has 0 aromatic heterocycles. The second-order valence-electron chi connectivity index (χ2n) is 4.20. The van der Waals surface area contributed by atoms with Crippen molar-refractivity contribution in [3.8, 4) is 0 Å². The number of thiocarbonyl (C=S) groups is 1. The van der Waals surface area contributed by atoms with Crippen LogP contribution in [0, 0.1) is 5.92 Å². The second kappa shape index (κ2) is 9.09. The third-order valence-corrected chi connectivity index (χ3v) is 4.10. The minimum Gasteiger partial charge on any atom is -0.379 e. The SMILES string of the molecule is CCC(C)/C(=N\C(NC(C)=O)=C(/C)C(=S)NC)SC. The Labute approximate surface area is 125 Å². The first-order valence-electron chi connectivity index (χ1n) is 6.20. The van der Waals surface area contributed by atoms with Gasteiger partial charge in [0, 0.05) is 25.5 Å². The van der Waals surface area contributed by atoms with Crippen molar-refractivity contribution in [2.75, 3.05) is 13.3 Å². The Morgan fingerprint density at radius 2 is 2.00 bits per heavy atom. The number of nitrogens with one attached hydrogen (secondary N) is 2. The molecule has 108 valence electrons. The van der Waals surface area contributed by atoms with E-state index < -0.39 is 0 Å².